The van der Waals surface area contributed by atoms with Gasteiger partial charge in [-0.05, 0) is 89.6 Å². The summed E-state index contributed by atoms with van der Waals surface area (Å²) in [5, 5.41) is 14.4. The average molecular weight is 977 g/mol. The number of piperidine rings is 1. The fourth-order valence-electron chi connectivity index (χ4n) is 9.08. The minimum atomic E-state index is -2.71. The largest absolute Gasteiger partial charge is 0.494 e. The second kappa shape index (κ2) is 18.9. The van der Waals surface area contributed by atoms with E-state index in [1.807, 2.05) is 68.0 Å². The minimum absolute atomic E-state index is 0.183. The number of carbonyl (C=O) groups excluding carboxylic acids is 2. The Bertz CT molecular complexity index is 2830. The second-order valence-corrected chi connectivity index (χ2v) is 21.2. The Balaban J connectivity index is 0.890. The van der Waals surface area contributed by atoms with Crippen LogP contribution in [0.3, 0.4) is 0 Å². The van der Waals surface area contributed by atoms with Gasteiger partial charge in [-0.3, -0.25) is 24.6 Å². The molecule has 9 rings (SSSR count). The number of nitrogens with zero attached hydrogens (tertiary/aromatic N) is 8. The van der Waals surface area contributed by atoms with Crippen molar-refractivity contribution in [2.75, 3.05) is 91.6 Å². The molecule has 0 saturated carbocycles. The molecule has 0 spiro atoms. The summed E-state index contributed by atoms with van der Waals surface area (Å²) in [6.07, 6.45) is 7.65. The molecule has 18 heteroatoms. The van der Waals surface area contributed by atoms with E-state index in [1.165, 1.54) is 11.0 Å². The number of carbonyl (C=O) groups is 2. The van der Waals surface area contributed by atoms with Crippen molar-refractivity contribution in [3.05, 3.63) is 108 Å². The van der Waals surface area contributed by atoms with Gasteiger partial charge in [0, 0.05) is 112 Å². The maximum absolute atomic E-state index is 15.5. The van der Waals surface area contributed by atoms with Crippen LogP contribution in [0.5, 0.6) is 5.75 Å². The molecule has 3 N–H and O–H groups in total. The number of ether oxygens (including phenoxy) is 1. The van der Waals surface area contributed by atoms with Gasteiger partial charge < -0.3 is 29.7 Å². The highest BCUT2D eigenvalue weighted by Crippen LogP contribution is 2.43. The standard InChI is InChI=1S/C48H52BrFN11O4P/c1-57-30-33(28-52-57)36-26-40(54-47-51-29-37(49)46(56-47)53-39-12-10-32(24-44(39)66(3,4)64)31-8-6-5-7-9-31)43(65-2)27-42(36)59-17-14-34(15-18-59)58-20-22-60(23-21-58)41-13-11-35(25-38(41)50)61-19-16-45(62)55-48(61)63/h5-13,24-30,34H,14-23H2,1-4H3,(H,55,62,63)(H2,51,53,54,56). The summed E-state index contributed by atoms with van der Waals surface area (Å²) in [7, 11) is 0.845. The Morgan fingerprint density at radius 3 is 2.26 bits per heavy atom. The number of imide groups is 1. The van der Waals surface area contributed by atoms with E-state index >= 15 is 4.39 Å². The molecule has 5 heterocycles. The summed E-state index contributed by atoms with van der Waals surface area (Å²) >= 11 is 3.63. The number of methoxy groups -OCH3 is 1. The molecular formula is C48H52BrFN11O4P. The van der Waals surface area contributed by atoms with Gasteiger partial charge >= 0.3 is 6.03 Å². The number of benzene rings is 4. The van der Waals surface area contributed by atoms with Gasteiger partial charge in [0.1, 0.15) is 24.5 Å². The lowest BCUT2D eigenvalue weighted by atomic mass is 9.98. The van der Waals surface area contributed by atoms with Crippen LogP contribution in [0.1, 0.15) is 19.3 Å². The number of rotatable bonds is 12. The van der Waals surface area contributed by atoms with Gasteiger partial charge in [-0.1, -0.05) is 36.4 Å². The highest BCUT2D eigenvalue weighted by molar-refractivity contribution is 9.10. The maximum Gasteiger partial charge on any atom is 0.328 e. The average Bonchev–Trinajstić information content (AvgIpc) is 3.76. The van der Waals surface area contributed by atoms with E-state index in [4.69, 9.17) is 9.72 Å². The Labute approximate surface area is 391 Å². The Morgan fingerprint density at radius 2 is 1.58 bits per heavy atom. The van der Waals surface area contributed by atoms with Crippen molar-refractivity contribution in [3.8, 4) is 28.0 Å². The molecule has 0 bridgehead atoms. The molecule has 0 aliphatic carbocycles. The van der Waals surface area contributed by atoms with Crippen LogP contribution in [-0.2, 0) is 16.4 Å². The SMILES string of the molecule is COc1cc(N2CCC(N3CCN(c4ccc(N5CCC(=O)NC5=O)cc4F)CC3)CC2)c(-c2cnn(C)c2)cc1Nc1ncc(Br)c(Nc2ccc(-c3ccccc3)cc2P(C)(C)=O)n1. The smallest absolute Gasteiger partial charge is 0.328 e. The van der Waals surface area contributed by atoms with Gasteiger partial charge in [-0.25, -0.2) is 14.2 Å². The van der Waals surface area contributed by atoms with Crippen LogP contribution in [0.15, 0.2) is 102 Å². The van der Waals surface area contributed by atoms with Crippen molar-refractivity contribution in [1.82, 2.24) is 30.0 Å². The number of aryl methyl sites for hydroxylation is 1. The monoisotopic (exact) mass is 975 g/mol. The van der Waals surface area contributed by atoms with Crippen molar-refractivity contribution < 1.29 is 23.3 Å². The third-order valence-electron chi connectivity index (χ3n) is 12.5. The zero-order valence-electron chi connectivity index (χ0n) is 37.3. The molecular weight excluding hydrogens is 924 g/mol. The number of halogens is 2. The van der Waals surface area contributed by atoms with E-state index in [2.05, 4.69) is 68.8 Å². The van der Waals surface area contributed by atoms with E-state index in [1.54, 1.807) is 43.5 Å². The molecule has 6 aromatic rings. The highest BCUT2D eigenvalue weighted by atomic mass is 79.9. The molecule has 0 atom stereocenters. The molecule has 3 aliphatic heterocycles. The van der Waals surface area contributed by atoms with Gasteiger partial charge in [0.15, 0.2) is 0 Å². The van der Waals surface area contributed by atoms with Gasteiger partial charge in [0.2, 0.25) is 11.9 Å². The number of urea groups is 1. The molecule has 342 valence electrons. The summed E-state index contributed by atoms with van der Waals surface area (Å²) in [5.74, 6) is 0.772. The van der Waals surface area contributed by atoms with Gasteiger partial charge in [-0.15, -0.1) is 0 Å². The van der Waals surface area contributed by atoms with Crippen molar-refractivity contribution in [2.24, 2.45) is 7.05 Å². The summed E-state index contributed by atoms with van der Waals surface area (Å²) in [6.45, 7) is 8.43. The normalized spacial score (nSPS) is 16.4. The van der Waals surface area contributed by atoms with E-state index in [9.17, 15) is 14.2 Å². The highest BCUT2D eigenvalue weighted by Gasteiger charge is 2.31. The minimum Gasteiger partial charge on any atom is -0.494 e. The third kappa shape index (κ3) is 9.65. The van der Waals surface area contributed by atoms with Crippen LogP contribution in [0.2, 0.25) is 0 Å². The molecule has 66 heavy (non-hydrogen) atoms. The maximum atomic E-state index is 15.5. The van der Waals surface area contributed by atoms with Gasteiger partial charge in [-0.2, -0.15) is 10.1 Å². The lowest BCUT2D eigenvalue weighted by Crippen LogP contribution is -2.53. The number of amides is 3. The lowest BCUT2D eigenvalue weighted by Gasteiger charge is -2.44. The molecule has 3 amide bonds. The molecule has 0 radical (unpaired) electrons. The van der Waals surface area contributed by atoms with E-state index < -0.39 is 13.2 Å². The Kier molecular flexibility index (Phi) is 12.9. The number of piperazine rings is 1. The van der Waals surface area contributed by atoms with Gasteiger partial charge in [0.25, 0.3) is 0 Å². The number of nitrogens with one attached hydrogen (secondary N) is 3. The zero-order valence-corrected chi connectivity index (χ0v) is 39.8. The first kappa shape index (κ1) is 44.9. The molecule has 0 unspecified atom stereocenters. The van der Waals surface area contributed by atoms with Crippen LogP contribution < -0.4 is 40.7 Å². The summed E-state index contributed by atoms with van der Waals surface area (Å²) in [5.41, 5.74) is 7.34. The van der Waals surface area contributed by atoms with Crippen molar-refractivity contribution >= 4 is 80.5 Å². The Hall–Kier alpha value is -6.29. The second-order valence-electron chi connectivity index (χ2n) is 17.2. The van der Waals surface area contributed by atoms with Crippen molar-refractivity contribution in [1.29, 1.82) is 0 Å². The van der Waals surface area contributed by atoms with Crippen LogP contribution in [0.4, 0.5) is 49.4 Å². The van der Waals surface area contributed by atoms with Crippen LogP contribution in [0, 0.1) is 5.82 Å². The number of aromatic nitrogens is 4. The van der Waals surface area contributed by atoms with Crippen molar-refractivity contribution in [2.45, 2.75) is 25.3 Å². The molecule has 2 aromatic heterocycles. The fourth-order valence-corrected chi connectivity index (χ4v) is 10.5. The first-order valence-corrected chi connectivity index (χ1v) is 25.4. The summed E-state index contributed by atoms with van der Waals surface area (Å²) in [6, 6.07) is 24.8. The van der Waals surface area contributed by atoms with Crippen LogP contribution in [0.25, 0.3) is 22.3 Å². The van der Waals surface area contributed by atoms with E-state index in [-0.39, 0.29) is 24.7 Å². The van der Waals surface area contributed by atoms with E-state index in [0.29, 0.717) is 63.9 Å². The molecule has 3 fully saturated rings. The fraction of sp³-hybridized carbons (Fsp3) is 0.312. The first-order valence-electron chi connectivity index (χ1n) is 22.0. The van der Waals surface area contributed by atoms with Crippen LogP contribution >= 0.6 is 23.1 Å². The molecule has 3 aliphatic rings. The lowest BCUT2D eigenvalue weighted by molar-refractivity contribution is -0.120. The third-order valence-corrected chi connectivity index (χ3v) is 14.6. The van der Waals surface area contributed by atoms with Crippen molar-refractivity contribution in [3.63, 3.8) is 0 Å². The summed E-state index contributed by atoms with van der Waals surface area (Å²) < 4.78 is 37.6. The first-order chi connectivity index (χ1) is 31.8. The van der Waals surface area contributed by atoms with Crippen LogP contribution in [-0.4, -0.2) is 109 Å². The number of anilines is 7. The number of hydrogen-bond acceptors (Lipinski definition) is 12. The number of hydrogen-bond donors (Lipinski definition) is 3. The zero-order chi connectivity index (χ0) is 46.1. The topological polar surface area (TPSA) is 153 Å². The van der Waals surface area contributed by atoms with Gasteiger partial charge in [0.05, 0.1) is 34.8 Å². The Morgan fingerprint density at radius 1 is 0.818 bits per heavy atom. The molecule has 4 aromatic carbocycles. The molecule has 3 saturated heterocycles. The molecule has 15 nitrogen and oxygen atoms in total. The quantitative estimate of drug-likeness (QED) is 0.101. The summed E-state index contributed by atoms with van der Waals surface area (Å²) in [4.78, 5) is 41.8. The predicted octanol–water partition coefficient (Wildman–Crippen LogP) is 8.43. The van der Waals surface area contributed by atoms with E-state index in [0.717, 1.165) is 72.3 Å². The predicted molar refractivity (Wildman–Crippen MR) is 263 cm³/mol.